The number of nitrogens with two attached hydrogens (primary N) is 1. The number of amides is 2. The molecule has 3 rings (SSSR count). The van der Waals surface area contributed by atoms with Crippen LogP contribution >= 0.6 is 0 Å². The van der Waals surface area contributed by atoms with Gasteiger partial charge in [0, 0.05) is 30.4 Å². The minimum absolute atomic E-state index is 0.185. The first-order valence-corrected chi connectivity index (χ1v) is 9.25. The second-order valence-corrected chi connectivity index (χ2v) is 6.95. The Morgan fingerprint density at radius 2 is 1.96 bits per heavy atom. The molecular formula is C19H27N3O4. The molecule has 7 nitrogen and oxygen atoms in total. The van der Waals surface area contributed by atoms with Gasteiger partial charge in [-0.25, -0.2) is 0 Å². The van der Waals surface area contributed by atoms with Crippen molar-refractivity contribution in [3.05, 3.63) is 18.2 Å². The highest BCUT2D eigenvalue weighted by molar-refractivity contribution is 6.09. The van der Waals surface area contributed by atoms with Gasteiger partial charge in [0.15, 0.2) is 11.5 Å². The van der Waals surface area contributed by atoms with Gasteiger partial charge in [0.2, 0.25) is 11.8 Å². The van der Waals surface area contributed by atoms with Gasteiger partial charge in [-0.1, -0.05) is 13.8 Å². The van der Waals surface area contributed by atoms with Gasteiger partial charge >= 0.3 is 0 Å². The summed E-state index contributed by atoms with van der Waals surface area (Å²) >= 11 is 0. The summed E-state index contributed by atoms with van der Waals surface area (Å²) in [5, 5.41) is 2.86. The van der Waals surface area contributed by atoms with E-state index in [2.05, 4.69) is 5.32 Å². The average Bonchev–Trinajstić information content (AvgIpc) is 3.07. The van der Waals surface area contributed by atoms with Crippen LogP contribution in [0.2, 0.25) is 0 Å². The van der Waals surface area contributed by atoms with Crippen LogP contribution in [0.3, 0.4) is 0 Å². The lowest BCUT2D eigenvalue weighted by molar-refractivity contribution is -0.132. The van der Waals surface area contributed by atoms with Crippen molar-refractivity contribution in [3.63, 3.8) is 0 Å². The maximum atomic E-state index is 12.7. The highest BCUT2D eigenvalue weighted by Crippen LogP contribution is 2.36. The molecule has 0 aliphatic carbocycles. The molecule has 3 N–H and O–H groups in total. The summed E-state index contributed by atoms with van der Waals surface area (Å²) in [6, 6.07) is 5.42. The molecular weight excluding hydrogens is 334 g/mol. The monoisotopic (exact) mass is 361 g/mol. The topological polar surface area (TPSA) is 93.9 Å². The first kappa shape index (κ1) is 18.5. The molecule has 1 fully saturated rings. The van der Waals surface area contributed by atoms with Crippen molar-refractivity contribution in [1.29, 1.82) is 0 Å². The zero-order chi connectivity index (χ0) is 18.7. The van der Waals surface area contributed by atoms with Gasteiger partial charge in [-0.3, -0.25) is 9.59 Å². The van der Waals surface area contributed by atoms with Gasteiger partial charge in [-0.05, 0) is 31.4 Å². The molecule has 2 aliphatic heterocycles. The smallest absolute Gasteiger partial charge is 0.239 e. The van der Waals surface area contributed by atoms with Crippen molar-refractivity contribution in [2.45, 2.75) is 38.6 Å². The summed E-state index contributed by atoms with van der Waals surface area (Å²) in [6.07, 6.45) is 2.03. The van der Waals surface area contributed by atoms with Crippen LogP contribution in [-0.4, -0.2) is 43.7 Å². The van der Waals surface area contributed by atoms with Crippen LogP contribution in [0.25, 0.3) is 0 Å². The first-order valence-electron chi connectivity index (χ1n) is 9.25. The highest BCUT2D eigenvalue weighted by Gasteiger charge is 2.38. The molecule has 1 saturated heterocycles. The number of nitrogens with zero attached hydrogens (tertiary/aromatic N) is 1. The van der Waals surface area contributed by atoms with Crippen molar-refractivity contribution < 1.29 is 19.1 Å². The molecule has 0 aromatic heterocycles. The zero-order valence-electron chi connectivity index (χ0n) is 15.4. The molecule has 142 valence electrons. The first-order chi connectivity index (χ1) is 12.5. The van der Waals surface area contributed by atoms with E-state index in [1.807, 2.05) is 19.9 Å². The number of carbonyl (C=O) groups is 2. The lowest BCUT2D eigenvalue weighted by Gasteiger charge is -2.27. The molecule has 2 amide bonds. The molecule has 26 heavy (non-hydrogen) atoms. The van der Waals surface area contributed by atoms with Crippen molar-refractivity contribution in [2.75, 3.05) is 31.2 Å². The Kier molecular flexibility index (Phi) is 5.36. The van der Waals surface area contributed by atoms with E-state index in [-0.39, 0.29) is 11.8 Å². The maximum absolute atomic E-state index is 12.7. The minimum Gasteiger partial charge on any atom is -0.486 e. The third-order valence-corrected chi connectivity index (χ3v) is 5.38. The van der Waals surface area contributed by atoms with E-state index < -0.39 is 11.5 Å². The lowest BCUT2D eigenvalue weighted by Crippen LogP contribution is -2.51. The summed E-state index contributed by atoms with van der Waals surface area (Å²) < 4.78 is 11.1. The standard InChI is InChI=1S/C19H27N3O4/c1-3-19(20,4-2)12-21-17(23)14-7-8-22(18(14)24)13-5-6-15-16(11-13)26-10-9-25-15/h5-6,11,14H,3-4,7-10,12,20H2,1-2H3,(H,21,23). The fraction of sp³-hybridized carbons (Fsp3) is 0.579. The zero-order valence-corrected chi connectivity index (χ0v) is 15.4. The van der Waals surface area contributed by atoms with Gasteiger partial charge in [-0.15, -0.1) is 0 Å². The number of fused-ring (bicyclic) bond motifs is 1. The van der Waals surface area contributed by atoms with Crippen LogP contribution < -0.4 is 25.4 Å². The molecule has 1 aromatic rings. The summed E-state index contributed by atoms with van der Waals surface area (Å²) in [5.41, 5.74) is 6.53. The van der Waals surface area contributed by atoms with Gasteiger partial charge in [0.25, 0.3) is 0 Å². The Labute approximate surface area is 153 Å². The summed E-state index contributed by atoms with van der Waals surface area (Å²) in [5.74, 6) is 0.218. The fourth-order valence-corrected chi connectivity index (χ4v) is 3.27. The predicted octanol–water partition coefficient (Wildman–Crippen LogP) is 1.44. The predicted molar refractivity (Wildman–Crippen MR) is 98.4 cm³/mol. The van der Waals surface area contributed by atoms with Crippen LogP contribution in [-0.2, 0) is 9.59 Å². The summed E-state index contributed by atoms with van der Waals surface area (Å²) in [7, 11) is 0. The van der Waals surface area contributed by atoms with Crippen molar-refractivity contribution in [1.82, 2.24) is 5.32 Å². The normalized spacial score (nSPS) is 19.6. The van der Waals surface area contributed by atoms with Gasteiger partial charge in [0.05, 0.1) is 0 Å². The van der Waals surface area contributed by atoms with Gasteiger partial charge in [0.1, 0.15) is 19.1 Å². The molecule has 0 spiro atoms. The molecule has 0 saturated carbocycles. The number of ether oxygens (including phenoxy) is 2. The molecule has 1 aromatic carbocycles. The summed E-state index contributed by atoms with van der Waals surface area (Å²) in [4.78, 5) is 26.9. The molecule has 2 heterocycles. The SMILES string of the molecule is CCC(N)(CC)CNC(=O)C1CCN(c2ccc3c(c2)OCCO3)C1=O. The maximum Gasteiger partial charge on any atom is 0.239 e. The summed E-state index contributed by atoms with van der Waals surface area (Å²) in [6.45, 7) is 5.90. The van der Waals surface area contributed by atoms with E-state index in [9.17, 15) is 9.59 Å². The molecule has 2 aliphatic rings. The molecule has 7 heteroatoms. The molecule has 0 radical (unpaired) electrons. The number of anilines is 1. The Bertz CT molecular complexity index is 687. The highest BCUT2D eigenvalue weighted by atomic mass is 16.6. The second kappa shape index (κ2) is 7.53. The van der Waals surface area contributed by atoms with Crippen molar-refractivity contribution in [3.8, 4) is 11.5 Å². The Morgan fingerprint density at radius 3 is 2.65 bits per heavy atom. The lowest BCUT2D eigenvalue weighted by atomic mass is 9.94. The number of benzene rings is 1. The number of hydrogen-bond acceptors (Lipinski definition) is 5. The van der Waals surface area contributed by atoms with Crippen molar-refractivity contribution >= 4 is 17.5 Å². The van der Waals surface area contributed by atoms with E-state index in [1.165, 1.54) is 0 Å². The minimum atomic E-state index is -0.666. The van der Waals surface area contributed by atoms with Gasteiger partial charge in [-0.2, -0.15) is 0 Å². The van der Waals surface area contributed by atoms with Crippen LogP contribution in [0, 0.1) is 5.92 Å². The van der Waals surface area contributed by atoms with E-state index in [0.29, 0.717) is 44.2 Å². The Morgan fingerprint density at radius 1 is 1.27 bits per heavy atom. The van der Waals surface area contributed by atoms with E-state index in [4.69, 9.17) is 15.2 Å². The molecule has 0 bridgehead atoms. The van der Waals surface area contributed by atoms with Crippen molar-refractivity contribution in [2.24, 2.45) is 11.7 Å². The molecule has 1 unspecified atom stereocenters. The fourth-order valence-electron chi connectivity index (χ4n) is 3.27. The third kappa shape index (κ3) is 3.62. The Hall–Kier alpha value is -2.28. The number of rotatable bonds is 6. The van der Waals surface area contributed by atoms with Crippen LogP contribution in [0.4, 0.5) is 5.69 Å². The van der Waals surface area contributed by atoms with E-state index in [0.717, 1.165) is 18.5 Å². The Balaban J connectivity index is 1.65. The number of carbonyl (C=O) groups excluding carboxylic acids is 2. The van der Waals surface area contributed by atoms with Gasteiger partial charge < -0.3 is 25.4 Å². The van der Waals surface area contributed by atoms with E-state index in [1.54, 1.807) is 17.0 Å². The number of nitrogens with one attached hydrogen (secondary N) is 1. The average molecular weight is 361 g/mol. The van der Waals surface area contributed by atoms with Crippen LogP contribution in [0.15, 0.2) is 18.2 Å². The quantitative estimate of drug-likeness (QED) is 0.748. The number of hydrogen-bond donors (Lipinski definition) is 2. The van der Waals surface area contributed by atoms with E-state index >= 15 is 0 Å². The molecule has 1 atom stereocenters. The van der Waals surface area contributed by atoms with Crippen LogP contribution in [0.1, 0.15) is 33.1 Å². The largest absolute Gasteiger partial charge is 0.486 e. The second-order valence-electron chi connectivity index (χ2n) is 6.95. The third-order valence-electron chi connectivity index (χ3n) is 5.38. The van der Waals surface area contributed by atoms with Crippen LogP contribution in [0.5, 0.6) is 11.5 Å².